The minimum absolute atomic E-state index is 0.0676. The zero-order valence-electron chi connectivity index (χ0n) is 81.7. The highest BCUT2D eigenvalue weighted by atomic mass is 32.1. The molecule has 32 nitrogen and oxygen atoms in total. The van der Waals surface area contributed by atoms with E-state index in [1.54, 1.807) is 101 Å². The second-order valence-electron chi connectivity index (χ2n) is 38.7. The predicted octanol–water partition coefficient (Wildman–Crippen LogP) is 26.1. The van der Waals surface area contributed by atoms with Gasteiger partial charge in [-0.25, -0.2) is 19.9 Å². The molecular formula is C114H96N28O4S4. The van der Waals surface area contributed by atoms with Crippen LogP contribution in [0.3, 0.4) is 0 Å². The van der Waals surface area contributed by atoms with Gasteiger partial charge in [0.2, 0.25) is 23.6 Å². The minimum atomic E-state index is 0.0676. The van der Waals surface area contributed by atoms with Gasteiger partial charge in [-0.3, -0.25) is 79.4 Å². The fourth-order valence-electron chi connectivity index (χ4n) is 19.9. The summed E-state index contributed by atoms with van der Waals surface area (Å²) in [6.07, 6.45) is 43.2. The smallest absolute Gasteiger partial charge is 0.227 e. The van der Waals surface area contributed by atoms with Gasteiger partial charge in [0.05, 0.1) is 116 Å². The number of carbonyl (C=O) groups excluding carboxylic acids is 4. The molecule has 4 aliphatic rings. The van der Waals surface area contributed by atoms with E-state index in [1.807, 2.05) is 116 Å². The summed E-state index contributed by atoms with van der Waals surface area (Å²) in [7, 11) is 0. The summed E-state index contributed by atoms with van der Waals surface area (Å²) in [4.78, 5) is 128. The van der Waals surface area contributed by atoms with Gasteiger partial charge >= 0.3 is 0 Å². The Morgan fingerprint density at radius 2 is 0.487 bits per heavy atom. The molecule has 0 atom stereocenters. The van der Waals surface area contributed by atoms with Gasteiger partial charge in [0.25, 0.3) is 0 Å². The van der Waals surface area contributed by atoms with Crippen LogP contribution in [0.1, 0.15) is 109 Å². The van der Waals surface area contributed by atoms with Crippen LogP contribution in [0.15, 0.2) is 245 Å². The first-order valence-electron chi connectivity index (χ1n) is 50.1. The van der Waals surface area contributed by atoms with Crippen LogP contribution in [0.5, 0.6) is 0 Å². The zero-order valence-corrected chi connectivity index (χ0v) is 85.0. The van der Waals surface area contributed by atoms with Crippen LogP contribution >= 0.6 is 45.3 Å². The molecule has 740 valence electrons. The van der Waals surface area contributed by atoms with Gasteiger partial charge in [-0.1, -0.05) is 62.8 Å². The van der Waals surface area contributed by atoms with E-state index in [9.17, 15) is 19.2 Å². The first-order chi connectivity index (χ1) is 73.5. The number of carbonyl (C=O) groups is 4. The average Bonchev–Trinajstić information content (AvgIpc) is 1.62. The van der Waals surface area contributed by atoms with Crippen molar-refractivity contribution in [1.82, 2.24) is 121 Å². The van der Waals surface area contributed by atoms with Crippen LogP contribution in [-0.4, -0.2) is 144 Å². The van der Waals surface area contributed by atoms with Crippen LogP contribution in [0.25, 0.3) is 220 Å². The van der Waals surface area contributed by atoms with Crippen molar-refractivity contribution in [3.8, 4) is 132 Å². The van der Waals surface area contributed by atoms with Gasteiger partial charge < -0.3 is 41.2 Å². The first-order valence-corrected chi connectivity index (χ1v) is 53.4. The van der Waals surface area contributed by atoms with Gasteiger partial charge in [-0.15, -0.1) is 45.3 Å². The maximum atomic E-state index is 12.8. The van der Waals surface area contributed by atoms with E-state index < -0.39 is 0 Å². The minimum Gasteiger partial charge on any atom is -0.335 e. The van der Waals surface area contributed by atoms with Crippen LogP contribution < -0.4 is 21.3 Å². The number of H-pyrrole nitrogens is 8. The number of aromatic nitrogens is 24. The Bertz CT molecular complexity index is 9320. The highest BCUT2D eigenvalue weighted by molar-refractivity contribution is 7.16. The number of hydrogen-bond acceptors (Lipinski definition) is 24. The molecule has 4 aliphatic carbocycles. The summed E-state index contributed by atoms with van der Waals surface area (Å²) in [5, 5.41) is 46.8. The third-order valence-electron chi connectivity index (χ3n) is 28.2. The summed E-state index contributed by atoms with van der Waals surface area (Å²) in [5.41, 5.74) is 28.1. The average molecular weight is 2050 g/mol. The fourth-order valence-corrected chi connectivity index (χ4v) is 23.4. The molecule has 0 radical (unpaired) electrons. The zero-order chi connectivity index (χ0) is 101. The number of imidazole rings is 4. The molecule has 20 heterocycles. The van der Waals surface area contributed by atoms with E-state index in [1.165, 1.54) is 25.9 Å². The lowest BCUT2D eigenvalue weighted by Gasteiger charge is -2.24. The number of pyridine rings is 8. The molecular weight excluding hydrogens is 1950 g/mol. The summed E-state index contributed by atoms with van der Waals surface area (Å²) in [5.74, 6) is 3.51. The van der Waals surface area contributed by atoms with Crippen LogP contribution in [0.2, 0.25) is 0 Å². The largest absolute Gasteiger partial charge is 0.335 e. The van der Waals surface area contributed by atoms with Crippen molar-refractivity contribution in [3.63, 3.8) is 0 Å². The normalized spacial score (nSPS) is 13.9. The Balaban J connectivity index is 0.000000104. The lowest BCUT2D eigenvalue weighted by Crippen LogP contribution is -2.28. The molecule has 0 bridgehead atoms. The molecule has 24 aromatic rings. The van der Waals surface area contributed by atoms with Crippen molar-refractivity contribution >= 4 is 179 Å². The Morgan fingerprint density at radius 1 is 0.247 bits per heavy atom. The van der Waals surface area contributed by atoms with Gasteiger partial charge in [-0.2, -0.15) is 20.4 Å². The molecule has 4 aromatic carbocycles. The van der Waals surface area contributed by atoms with E-state index in [4.69, 9.17) is 19.9 Å². The maximum absolute atomic E-state index is 12.8. The molecule has 12 N–H and O–H groups in total. The number of fused-ring (bicyclic) bond motifs is 8. The fraction of sp³-hybridized carbons (Fsp3) is 0.193. The Kier molecular flexibility index (Phi) is 25.0. The van der Waals surface area contributed by atoms with Gasteiger partial charge in [0, 0.05) is 178 Å². The molecule has 4 amide bonds. The lowest BCUT2D eigenvalue weighted by molar-refractivity contribution is -0.122. The Morgan fingerprint density at radius 3 is 0.720 bits per heavy atom. The van der Waals surface area contributed by atoms with Crippen molar-refractivity contribution < 1.29 is 19.2 Å². The SMILES string of the molecule is Cc1ccc(-c2cncc3[nH]c(-c4n[nH]c5ccc(-c6cncc(NC(=O)C7CC7)c6)cc45)nc23)s1.Cc1ccc(-c2cncc3[nH]c(-c4n[nH]c5ccc(-c6cncc(NC(=O)C7CCC7)c6)cc45)nc23)s1.Cc1ccc(-c2cncc3[nH]c(-c4n[nH]c5ccc(-c6cncc(NC(=O)C7CCCC7)c6)cc45)nc23)s1.Cc1ccc(-c2cncc3[nH]c(-c4n[nH]c5ccc(-c6cncc(NC(=O)C7CCCCC7)c6)cc45)nc23)s1. The van der Waals surface area contributed by atoms with Gasteiger partial charge in [-0.05, 0) is 223 Å². The second-order valence-corrected chi connectivity index (χ2v) is 43.8. The van der Waals surface area contributed by atoms with Crippen LogP contribution in [0, 0.1) is 51.4 Å². The number of thiophene rings is 4. The standard InChI is InChI=1S/C30H27N7OS.C29H25N7OS.C28H23N7OS.C27H21N7OS/c1-17-7-10-26(39-17)23-15-32-16-25-27(23)35-29(34-25)28-22-12-19(8-9-24(22)36-37-28)20-11-21(14-31-13-20)33-30(38)18-5-3-2-4-6-18;1-16-6-9-25(38-16)22-14-31-15-24-26(22)34-28(33-24)27-21-11-18(7-8-23(21)35-36-27)19-10-20(13-30-12-19)32-29(37)17-4-2-3-5-17;1-15-5-8-24(37-15)21-13-30-14-23-25(21)33-27(32-23)26-20-10-17(6-7-22(20)34-35-26)18-9-19(12-29-11-18)31-28(36)16-3-2-4-16;1-14-2-7-23(36-14)20-12-29-13-22-24(20)32-26(31-22)25-19-9-16(5-6-21(19)33-34-25)17-8-18(11-28-10-17)30-27(35)15-3-4-15/h7-16,18H,2-6H2,1H3,(H,33,38)(H,34,35)(H,36,37);6-15,17H,2-5H2,1H3,(H,32,37)(H,33,34)(H,35,36);5-14,16H,2-4H2,1H3,(H,31,36)(H,32,33)(H,34,35);2,5-13,15H,3-4H2,1H3,(H,30,35)(H,31,32)(H,33,34). The molecule has 0 saturated heterocycles. The van der Waals surface area contributed by atoms with Crippen molar-refractivity contribution in [2.75, 3.05) is 21.3 Å². The highest BCUT2D eigenvalue weighted by Gasteiger charge is 2.32. The molecule has 36 heteroatoms. The number of benzene rings is 4. The summed E-state index contributed by atoms with van der Waals surface area (Å²) in [6, 6.07) is 49.2. The highest BCUT2D eigenvalue weighted by Crippen LogP contribution is 2.45. The number of nitrogens with zero attached hydrogens (tertiary/aromatic N) is 16. The number of aromatic amines is 8. The molecule has 28 rings (SSSR count). The number of nitrogens with one attached hydrogen (secondary N) is 12. The van der Waals surface area contributed by atoms with E-state index in [0.29, 0.717) is 40.4 Å². The van der Waals surface area contributed by atoms with E-state index in [2.05, 4.69) is 222 Å². The number of amides is 4. The molecule has 4 saturated carbocycles. The second kappa shape index (κ2) is 40.1. The number of aryl methyl sites for hydroxylation is 4. The van der Waals surface area contributed by atoms with Crippen LogP contribution in [0.4, 0.5) is 22.7 Å². The molecule has 20 aromatic heterocycles. The molecule has 4 fully saturated rings. The molecule has 0 unspecified atom stereocenters. The van der Waals surface area contributed by atoms with Crippen molar-refractivity contribution in [2.24, 2.45) is 23.7 Å². The number of hydrogen-bond donors (Lipinski definition) is 12. The van der Waals surface area contributed by atoms with Gasteiger partial charge in [0.1, 0.15) is 44.8 Å². The Hall–Kier alpha value is -17.5. The monoisotopic (exact) mass is 2050 g/mol. The molecule has 150 heavy (non-hydrogen) atoms. The number of anilines is 4. The summed E-state index contributed by atoms with van der Waals surface area (Å²) >= 11 is 6.91. The summed E-state index contributed by atoms with van der Waals surface area (Å²) < 4.78 is 0. The van der Waals surface area contributed by atoms with Gasteiger partial charge in [0.15, 0.2) is 23.3 Å². The van der Waals surface area contributed by atoms with E-state index in [0.717, 1.165) is 286 Å². The van der Waals surface area contributed by atoms with E-state index >= 15 is 0 Å². The predicted molar refractivity (Wildman–Crippen MR) is 594 cm³/mol. The third-order valence-corrected chi connectivity index (χ3v) is 32.4. The quantitative estimate of drug-likeness (QED) is 0.0337. The van der Waals surface area contributed by atoms with Crippen molar-refractivity contribution in [2.45, 2.75) is 118 Å². The maximum Gasteiger partial charge on any atom is 0.227 e. The van der Waals surface area contributed by atoms with Crippen molar-refractivity contribution in [3.05, 3.63) is 264 Å². The summed E-state index contributed by atoms with van der Waals surface area (Å²) in [6.45, 7) is 8.39. The van der Waals surface area contributed by atoms with Crippen LogP contribution in [-0.2, 0) is 19.2 Å². The lowest BCUT2D eigenvalue weighted by atomic mass is 9.85. The van der Waals surface area contributed by atoms with Crippen molar-refractivity contribution in [1.29, 1.82) is 0 Å². The first kappa shape index (κ1) is 93.6. The Labute approximate surface area is 872 Å². The third kappa shape index (κ3) is 19.1. The molecule has 0 aliphatic heterocycles. The molecule has 0 spiro atoms. The number of rotatable bonds is 20. The topological polar surface area (TPSA) is 449 Å². The van der Waals surface area contributed by atoms with E-state index in [-0.39, 0.29) is 47.3 Å².